The van der Waals surface area contributed by atoms with Crippen LogP contribution in [0.15, 0.2) is 17.1 Å². The van der Waals surface area contributed by atoms with E-state index in [9.17, 15) is 5.11 Å². The first kappa shape index (κ1) is 14.6. The third kappa shape index (κ3) is 4.08. The summed E-state index contributed by atoms with van der Waals surface area (Å²) in [6.07, 6.45) is 8.55. The topological polar surface area (TPSA) is 32.6 Å². The summed E-state index contributed by atoms with van der Waals surface area (Å²) in [6, 6.07) is 3.94. The van der Waals surface area contributed by atoms with Gasteiger partial charge in [-0.1, -0.05) is 19.3 Å². The zero-order valence-corrected chi connectivity index (χ0v) is 14.5. The van der Waals surface area contributed by atoms with Gasteiger partial charge in [0.1, 0.15) is 5.75 Å². The van der Waals surface area contributed by atoms with Crippen molar-refractivity contribution in [3.8, 4) is 5.75 Å². The molecule has 0 heterocycles. The Morgan fingerprint density at radius 2 is 1.94 bits per heavy atom. The highest BCUT2D eigenvalue weighted by Gasteiger charge is 2.12. The Hall–Kier alpha value is 0.150. The molecule has 0 spiro atoms. The van der Waals surface area contributed by atoms with Gasteiger partial charge in [-0.15, -0.1) is 0 Å². The maximum Gasteiger partial charge on any atom is 0.137 e. The molecule has 2 rings (SSSR count). The van der Waals surface area contributed by atoms with E-state index in [1.807, 2.05) is 18.3 Å². The van der Waals surface area contributed by atoms with Crippen molar-refractivity contribution < 1.29 is 5.11 Å². The molecule has 0 aliphatic heterocycles. The lowest BCUT2D eigenvalue weighted by Crippen LogP contribution is -2.09. The van der Waals surface area contributed by atoms with Gasteiger partial charge in [-0.2, -0.15) is 0 Å². The van der Waals surface area contributed by atoms with Crippen molar-refractivity contribution in [3.05, 3.63) is 24.8 Å². The average molecular weight is 469 g/mol. The number of hydrogen-bond acceptors (Lipinski definition) is 2. The SMILES string of the molecule is Oc1c(I)cc(I)cc1C=NCC1CCCCC1. The largest absolute Gasteiger partial charge is 0.506 e. The summed E-state index contributed by atoms with van der Waals surface area (Å²) in [5.41, 5.74) is 0.835. The number of halogens is 2. The van der Waals surface area contributed by atoms with Crippen LogP contribution in [0.3, 0.4) is 0 Å². The molecule has 18 heavy (non-hydrogen) atoms. The first-order chi connectivity index (χ1) is 8.66. The van der Waals surface area contributed by atoms with E-state index >= 15 is 0 Å². The maximum absolute atomic E-state index is 9.96. The van der Waals surface area contributed by atoms with Crippen LogP contribution in [-0.4, -0.2) is 17.9 Å². The molecule has 1 fully saturated rings. The van der Waals surface area contributed by atoms with Gasteiger partial charge in [0.25, 0.3) is 0 Å². The maximum atomic E-state index is 9.96. The minimum Gasteiger partial charge on any atom is -0.506 e. The van der Waals surface area contributed by atoms with E-state index in [-0.39, 0.29) is 0 Å². The first-order valence-corrected chi connectivity index (χ1v) is 8.50. The summed E-state index contributed by atoms with van der Waals surface area (Å²) >= 11 is 4.42. The molecule has 0 radical (unpaired) electrons. The lowest BCUT2D eigenvalue weighted by atomic mass is 9.89. The van der Waals surface area contributed by atoms with Gasteiger partial charge in [-0.25, -0.2) is 0 Å². The predicted molar refractivity (Wildman–Crippen MR) is 92.6 cm³/mol. The molecule has 1 aromatic carbocycles. The van der Waals surface area contributed by atoms with Crippen LogP contribution in [0, 0.1) is 13.1 Å². The fraction of sp³-hybridized carbons (Fsp3) is 0.500. The van der Waals surface area contributed by atoms with Crippen molar-refractivity contribution in [2.24, 2.45) is 10.9 Å². The van der Waals surface area contributed by atoms with Gasteiger partial charge in [-0.05, 0) is 76.1 Å². The Balaban J connectivity index is 2.00. The summed E-state index contributed by atoms with van der Waals surface area (Å²) < 4.78 is 2.02. The lowest BCUT2D eigenvalue weighted by Gasteiger charge is -2.19. The molecule has 98 valence electrons. The molecule has 1 saturated carbocycles. The quantitative estimate of drug-likeness (QED) is 0.510. The highest BCUT2D eigenvalue weighted by Crippen LogP contribution is 2.26. The Bertz CT molecular complexity index is 440. The molecule has 4 heteroatoms. The number of aromatic hydroxyl groups is 1. The van der Waals surface area contributed by atoms with Crippen molar-refractivity contribution >= 4 is 51.4 Å². The summed E-state index contributed by atoms with van der Waals surface area (Å²) in [5.74, 6) is 1.10. The van der Waals surface area contributed by atoms with Crippen LogP contribution in [0.4, 0.5) is 0 Å². The number of benzene rings is 1. The van der Waals surface area contributed by atoms with E-state index in [0.717, 1.165) is 25.2 Å². The van der Waals surface area contributed by atoms with Crippen LogP contribution in [0.2, 0.25) is 0 Å². The van der Waals surface area contributed by atoms with E-state index in [1.165, 1.54) is 32.1 Å². The Labute approximate surface area is 136 Å². The number of phenols is 1. The zero-order valence-electron chi connectivity index (χ0n) is 10.2. The molecule has 0 aromatic heterocycles. The van der Waals surface area contributed by atoms with Crippen molar-refractivity contribution in [2.45, 2.75) is 32.1 Å². The van der Waals surface area contributed by atoms with Gasteiger partial charge in [0, 0.05) is 21.9 Å². The summed E-state index contributed by atoms with van der Waals surface area (Å²) in [7, 11) is 0. The predicted octanol–water partition coefficient (Wildman–Crippen LogP) is 4.60. The molecule has 0 unspecified atom stereocenters. The van der Waals surface area contributed by atoms with Gasteiger partial charge in [0.2, 0.25) is 0 Å². The van der Waals surface area contributed by atoms with Gasteiger partial charge in [-0.3, -0.25) is 4.99 Å². The second kappa shape index (κ2) is 7.07. The fourth-order valence-corrected chi connectivity index (χ4v) is 4.24. The molecule has 1 N–H and O–H groups in total. The van der Waals surface area contributed by atoms with Crippen molar-refractivity contribution in [1.82, 2.24) is 0 Å². The van der Waals surface area contributed by atoms with E-state index in [2.05, 4.69) is 50.2 Å². The Morgan fingerprint density at radius 3 is 2.67 bits per heavy atom. The van der Waals surface area contributed by atoms with Gasteiger partial charge < -0.3 is 5.11 Å². The van der Waals surface area contributed by atoms with E-state index < -0.39 is 0 Å². The fourth-order valence-electron chi connectivity index (χ4n) is 2.35. The van der Waals surface area contributed by atoms with Crippen LogP contribution >= 0.6 is 45.2 Å². The highest BCUT2D eigenvalue weighted by atomic mass is 127. The molecule has 1 aliphatic rings. The molecule has 0 atom stereocenters. The van der Waals surface area contributed by atoms with Crippen LogP contribution in [0.25, 0.3) is 0 Å². The minimum atomic E-state index is 0.350. The lowest BCUT2D eigenvalue weighted by molar-refractivity contribution is 0.367. The standard InChI is InChI=1S/C14H17I2NO/c15-12-6-11(14(18)13(16)7-12)9-17-8-10-4-2-1-3-5-10/h6-7,9-10,18H,1-5,8H2. The molecule has 0 bridgehead atoms. The Morgan fingerprint density at radius 1 is 1.22 bits per heavy atom. The average Bonchev–Trinajstić information content (AvgIpc) is 2.36. The summed E-state index contributed by atoms with van der Waals surface area (Å²) in [5, 5.41) is 9.96. The van der Waals surface area contributed by atoms with Crippen LogP contribution in [0.5, 0.6) is 5.75 Å². The Kier molecular flexibility index (Phi) is 5.72. The molecular weight excluding hydrogens is 452 g/mol. The molecule has 1 aromatic rings. The summed E-state index contributed by atoms with van der Waals surface area (Å²) in [6.45, 7) is 0.904. The zero-order chi connectivity index (χ0) is 13.0. The van der Waals surface area contributed by atoms with Crippen LogP contribution < -0.4 is 0 Å². The third-order valence-electron chi connectivity index (χ3n) is 3.38. The normalized spacial score (nSPS) is 17.4. The van der Waals surface area contributed by atoms with Gasteiger partial charge in [0.15, 0.2) is 0 Å². The molecular formula is C14H17I2NO. The smallest absolute Gasteiger partial charge is 0.137 e. The number of rotatable bonds is 3. The molecule has 0 amide bonds. The monoisotopic (exact) mass is 469 g/mol. The third-order valence-corrected chi connectivity index (χ3v) is 4.82. The molecule has 2 nitrogen and oxygen atoms in total. The molecule has 1 aliphatic carbocycles. The number of phenolic OH excluding ortho intramolecular Hbond substituents is 1. The van der Waals surface area contributed by atoms with E-state index in [0.29, 0.717) is 5.75 Å². The second-order valence-corrected chi connectivity index (χ2v) is 7.23. The minimum absolute atomic E-state index is 0.350. The van der Waals surface area contributed by atoms with Gasteiger partial charge >= 0.3 is 0 Å². The van der Waals surface area contributed by atoms with Crippen molar-refractivity contribution in [2.75, 3.05) is 6.54 Å². The number of hydrogen-bond donors (Lipinski definition) is 1. The van der Waals surface area contributed by atoms with Gasteiger partial charge in [0.05, 0.1) is 3.57 Å². The number of aliphatic imine (C=N–C) groups is 1. The molecule has 0 saturated heterocycles. The van der Waals surface area contributed by atoms with Crippen LogP contribution in [-0.2, 0) is 0 Å². The highest BCUT2D eigenvalue weighted by molar-refractivity contribution is 14.1. The van der Waals surface area contributed by atoms with Crippen molar-refractivity contribution in [1.29, 1.82) is 0 Å². The van der Waals surface area contributed by atoms with E-state index in [4.69, 9.17) is 0 Å². The first-order valence-electron chi connectivity index (χ1n) is 6.34. The van der Waals surface area contributed by atoms with E-state index in [1.54, 1.807) is 0 Å². The summed E-state index contributed by atoms with van der Waals surface area (Å²) in [4.78, 5) is 4.52. The van der Waals surface area contributed by atoms with Crippen molar-refractivity contribution in [3.63, 3.8) is 0 Å². The second-order valence-electron chi connectivity index (χ2n) is 4.82. The van der Waals surface area contributed by atoms with Crippen LogP contribution in [0.1, 0.15) is 37.7 Å². The number of nitrogens with zero attached hydrogens (tertiary/aromatic N) is 1.